The number of hydrogen-bond acceptors (Lipinski definition) is 3. The van der Waals surface area contributed by atoms with Crippen molar-refractivity contribution in [3.63, 3.8) is 0 Å². The Morgan fingerprint density at radius 3 is 3.00 bits per heavy atom. The Hall–Kier alpha value is -1.58. The summed E-state index contributed by atoms with van der Waals surface area (Å²) in [5, 5.41) is 0. The van der Waals surface area contributed by atoms with Crippen molar-refractivity contribution in [2.75, 3.05) is 0 Å². The highest BCUT2D eigenvalue weighted by molar-refractivity contribution is 5.71. The monoisotopic (exact) mass is 149 g/mol. The maximum Gasteiger partial charge on any atom is 0.231 e. The van der Waals surface area contributed by atoms with Gasteiger partial charge in [-0.05, 0) is 6.07 Å². The Morgan fingerprint density at radius 2 is 2.09 bits per heavy atom. The standard InChI is InChI=1S/C7H4FN3/c8-7-4-10-6-3-9-2-1-5(6)11-7/h1-4H. The van der Waals surface area contributed by atoms with Crippen molar-refractivity contribution in [3.05, 3.63) is 30.6 Å². The van der Waals surface area contributed by atoms with E-state index in [1.165, 1.54) is 0 Å². The zero-order valence-electron chi connectivity index (χ0n) is 5.53. The topological polar surface area (TPSA) is 38.7 Å². The third-order valence-corrected chi connectivity index (χ3v) is 1.32. The fourth-order valence-electron chi connectivity index (χ4n) is 0.840. The number of aromatic nitrogens is 3. The highest BCUT2D eigenvalue weighted by Gasteiger charge is 1.95. The molecule has 0 atom stereocenters. The van der Waals surface area contributed by atoms with Gasteiger partial charge in [0.05, 0.1) is 17.9 Å². The average Bonchev–Trinajstić information content (AvgIpc) is 2.04. The van der Waals surface area contributed by atoms with E-state index in [1.54, 1.807) is 18.5 Å². The average molecular weight is 149 g/mol. The fraction of sp³-hybridized carbons (Fsp3) is 0. The predicted octanol–water partition coefficient (Wildman–Crippen LogP) is 1.16. The van der Waals surface area contributed by atoms with Gasteiger partial charge in [-0.15, -0.1) is 0 Å². The molecule has 0 radical (unpaired) electrons. The summed E-state index contributed by atoms with van der Waals surface area (Å²) in [6, 6.07) is 1.62. The third-order valence-electron chi connectivity index (χ3n) is 1.32. The number of halogens is 1. The normalized spacial score (nSPS) is 10.3. The van der Waals surface area contributed by atoms with Crippen molar-refractivity contribution in [2.24, 2.45) is 0 Å². The highest BCUT2D eigenvalue weighted by Crippen LogP contribution is 2.04. The van der Waals surface area contributed by atoms with Crippen molar-refractivity contribution in [3.8, 4) is 0 Å². The Morgan fingerprint density at radius 1 is 1.18 bits per heavy atom. The molecule has 2 rings (SSSR count). The molecule has 0 aromatic carbocycles. The van der Waals surface area contributed by atoms with Crippen molar-refractivity contribution < 1.29 is 4.39 Å². The highest BCUT2D eigenvalue weighted by atomic mass is 19.1. The molecule has 0 aliphatic rings. The Bertz CT molecular complexity index is 388. The predicted molar refractivity (Wildman–Crippen MR) is 37.3 cm³/mol. The van der Waals surface area contributed by atoms with E-state index in [0.717, 1.165) is 6.20 Å². The van der Waals surface area contributed by atoms with E-state index in [0.29, 0.717) is 11.0 Å². The molecule has 0 saturated heterocycles. The molecule has 11 heavy (non-hydrogen) atoms. The Labute approximate surface area is 61.9 Å². The van der Waals surface area contributed by atoms with Crippen LogP contribution in [0, 0.1) is 5.95 Å². The number of pyridine rings is 1. The summed E-state index contributed by atoms with van der Waals surface area (Å²) < 4.78 is 12.4. The van der Waals surface area contributed by atoms with Crippen molar-refractivity contribution in [1.29, 1.82) is 0 Å². The van der Waals surface area contributed by atoms with E-state index in [4.69, 9.17) is 0 Å². The van der Waals surface area contributed by atoms with Gasteiger partial charge in [-0.1, -0.05) is 0 Å². The van der Waals surface area contributed by atoms with Crippen LogP contribution in [0.4, 0.5) is 4.39 Å². The second-order valence-electron chi connectivity index (χ2n) is 2.06. The van der Waals surface area contributed by atoms with Crippen LogP contribution < -0.4 is 0 Å². The molecule has 0 saturated carbocycles. The van der Waals surface area contributed by atoms with Gasteiger partial charge in [0.15, 0.2) is 0 Å². The lowest BCUT2D eigenvalue weighted by Gasteiger charge is -1.92. The van der Waals surface area contributed by atoms with Crippen LogP contribution in [0.2, 0.25) is 0 Å². The molecule has 0 amide bonds. The van der Waals surface area contributed by atoms with Crippen LogP contribution in [0.25, 0.3) is 11.0 Å². The molecule has 54 valence electrons. The summed E-state index contributed by atoms with van der Waals surface area (Å²) in [6.45, 7) is 0. The van der Waals surface area contributed by atoms with Gasteiger partial charge in [0.2, 0.25) is 5.95 Å². The van der Waals surface area contributed by atoms with Crippen LogP contribution in [0.15, 0.2) is 24.7 Å². The first kappa shape index (κ1) is 6.15. The molecule has 0 aliphatic carbocycles. The summed E-state index contributed by atoms with van der Waals surface area (Å²) in [5.74, 6) is -0.566. The SMILES string of the molecule is Fc1cnc2cnccc2n1. The van der Waals surface area contributed by atoms with Crippen LogP contribution in [-0.2, 0) is 0 Å². The molecule has 4 heteroatoms. The minimum Gasteiger partial charge on any atom is -0.262 e. The maximum atomic E-state index is 12.4. The summed E-state index contributed by atoms with van der Waals surface area (Å²) in [7, 11) is 0. The van der Waals surface area contributed by atoms with Crippen LogP contribution >= 0.6 is 0 Å². The van der Waals surface area contributed by atoms with Crippen molar-refractivity contribution in [1.82, 2.24) is 15.0 Å². The van der Waals surface area contributed by atoms with Gasteiger partial charge in [-0.25, -0.2) is 9.97 Å². The van der Waals surface area contributed by atoms with Gasteiger partial charge < -0.3 is 0 Å². The Kier molecular flexibility index (Phi) is 1.25. The van der Waals surface area contributed by atoms with Gasteiger partial charge in [-0.3, -0.25) is 4.98 Å². The summed E-state index contributed by atoms with van der Waals surface area (Å²) in [6.07, 6.45) is 4.17. The number of fused-ring (bicyclic) bond motifs is 1. The summed E-state index contributed by atoms with van der Waals surface area (Å²) >= 11 is 0. The quantitative estimate of drug-likeness (QED) is 0.564. The molecule has 2 heterocycles. The van der Waals surface area contributed by atoms with Crippen molar-refractivity contribution >= 4 is 11.0 Å². The molecule has 0 spiro atoms. The van der Waals surface area contributed by atoms with Crippen LogP contribution in [-0.4, -0.2) is 15.0 Å². The number of hydrogen-bond donors (Lipinski definition) is 0. The lowest BCUT2D eigenvalue weighted by atomic mass is 10.4. The van der Waals surface area contributed by atoms with Gasteiger partial charge >= 0.3 is 0 Å². The van der Waals surface area contributed by atoms with Crippen molar-refractivity contribution in [2.45, 2.75) is 0 Å². The minimum absolute atomic E-state index is 0.528. The van der Waals surface area contributed by atoms with E-state index in [-0.39, 0.29) is 0 Å². The minimum atomic E-state index is -0.566. The van der Waals surface area contributed by atoms with E-state index in [9.17, 15) is 4.39 Å². The first-order chi connectivity index (χ1) is 5.36. The molecular weight excluding hydrogens is 145 g/mol. The second-order valence-corrected chi connectivity index (χ2v) is 2.06. The molecule has 0 unspecified atom stereocenters. The first-order valence-electron chi connectivity index (χ1n) is 3.08. The molecule has 0 bridgehead atoms. The molecule has 2 aromatic rings. The molecule has 0 aliphatic heterocycles. The molecule has 0 N–H and O–H groups in total. The van der Waals surface area contributed by atoms with E-state index in [2.05, 4.69) is 15.0 Å². The largest absolute Gasteiger partial charge is 0.262 e. The Balaban J connectivity index is 2.83. The van der Waals surface area contributed by atoms with E-state index in [1.807, 2.05) is 0 Å². The second kappa shape index (κ2) is 2.23. The summed E-state index contributed by atoms with van der Waals surface area (Å²) in [5.41, 5.74) is 1.13. The lowest BCUT2D eigenvalue weighted by Crippen LogP contribution is -1.87. The van der Waals surface area contributed by atoms with Crippen LogP contribution in [0.1, 0.15) is 0 Å². The molecule has 3 nitrogen and oxygen atoms in total. The van der Waals surface area contributed by atoms with Gasteiger partial charge in [-0.2, -0.15) is 4.39 Å². The number of nitrogens with zero attached hydrogens (tertiary/aromatic N) is 3. The van der Waals surface area contributed by atoms with E-state index < -0.39 is 5.95 Å². The van der Waals surface area contributed by atoms with Gasteiger partial charge in [0.1, 0.15) is 5.52 Å². The smallest absolute Gasteiger partial charge is 0.231 e. The molecule has 2 aromatic heterocycles. The summed E-state index contributed by atoms with van der Waals surface area (Å²) in [4.78, 5) is 11.2. The molecular formula is C7H4FN3. The zero-order chi connectivity index (χ0) is 7.68. The maximum absolute atomic E-state index is 12.4. The molecule has 0 fully saturated rings. The van der Waals surface area contributed by atoms with Crippen LogP contribution in [0.3, 0.4) is 0 Å². The van der Waals surface area contributed by atoms with Gasteiger partial charge in [0, 0.05) is 6.20 Å². The third kappa shape index (κ3) is 1.02. The fourth-order valence-corrected chi connectivity index (χ4v) is 0.840. The van der Waals surface area contributed by atoms with Gasteiger partial charge in [0.25, 0.3) is 0 Å². The zero-order valence-corrected chi connectivity index (χ0v) is 5.53. The first-order valence-corrected chi connectivity index (χ1v) is 3.08. The van der Waals surface area contributed by atoms with E-state index >= 15 is 0 Å². The lowest BCUT2D eigenvalue weighted by molar-refractivity contribution is 0.583. The van der Waals surface area contributed by atoms with Crippen LogP contribution in [0.5, 0.6) is 0 Å². The number of rotatable bonds is 0.